The van der Waals surface area contributed by atoms with Gasteiger partial charge >= 0.3 is 0 Å². The number of rotatable bonds is 4. The highest BCUT2D eigenvalue weighted by molar-refractivity contribution is 9.10. The van der Waals surface area contributed by atoms with Crippen LogP contribution >= 0.6 is 15.9 Å². The molecule has 1 aliphatic heterocycles. The van der Waals surface area contributed by atoms with E-state index in [1.54, 1.807) is 14.2 Å². The second-order valence-corrected chi connectivity index (χ2v) is 5.97. The van der Waals surface area contributed by atoms with Crippen LogP contribution in [0.15, 0.2) is 10.5 Å². The van der Waals surface area contributed by atoms with E-state index in [2.05, 4.69) is 28.2 Å². The molecular weight excluding hydrogens is 306 g/mol. The molecule has 0 aliphatic carbocycles. The molecule has 0 bridgehead atoms. The van der Waals surface area contributed by atoms with Gasteiger partial charge in [0.1, 0.15) is 0 Å². The van der Waals surface area contributed by atoms with Gasteiger partial charge in [0.05, 0.1) is 14.2 Å². The highest BCUT2D eigenvalue weighted by atomic mass is 79.9. The predicted octanol–water partition coefficient (Wildman–Crippen LogP) is 3.32. The third-order valence-corrected chi connectivity index (χ3v) is 4.71. The standard InChI is InChI=1S/C15H22BrNO2/c1-10-12(7-11-5-4-6-17-9-11)15(19-3)14(18-2)8-13(10)16/h8,11,17H,4-7,9H2,1-3H3. The van der Waals surface area contributed by atoms with E-state index in [0.717, 1.165) is 35.5 Å². The zero-order valence-corrected chi connectivity index (χ0v) is 13.5. The summed E-state index contributed by atoms with van der Waals surface area (Å²) >= 11 is 3.61. The first-order valence-corrected chi connectivity index (χ1v) is 7.57. The van der Waals surface area contributed by atoms with Crippen molar-refractivity contribution in [2.45, 2.75) is 26.2 Å². The first-order chi connectivity index (χ1) is 9.17. The van der Waals surface area contributed by atoms with Crippen molar-refractivity contribution in [1.82, 2.24) is 5.32 Å². The molecule has 0 amide bonds. The van der Waals surface area contributed by atoms with E-state index < -0.39 is 0 Å². The van der Waals surface area contributed by atoms with Crippen molar-refractivity contribution in [1.29, 1.82) is 0 Å². The largest absolute Gasteiger partial charge is 0.493 e. The molecule has 1 atom stereocenters. The fourth-order valence-corrected chi connectivity index (χ4v) is 3.21. The Kier molecular flexibility index (Phi) is 5.11. The molecule has 1 fully saturated rings. The number of hydrogen-bond acceptors (Lipinski definition) is 3. The van der Waals surface area contributed by atoms with E-state index in [4.69, 9.17) is 9.47 Å². The molecule has 4 heteroatoms. The van der Waals surface area contributed by atoms with Crippen LogP contribution in [0.25, 0.3) is 0 Å². The van der Waals surface area contributed by atoms with Crippen molar-refractivity contribution in [3.05, 3.63) is 21.7 Å². The summed E-state index contributed by atoms with van der Waals surface area (Å²) in [5.41, 5.74) is 2.52. The van der Waals surface area contributed by atoms with Crippen molar-refractivity contribution >= 4 is 15.9 Å². The zero-order chi connectivity index (χ0) is 13.8. The molecule has 1 N–H and O–H groups in total. The Hall–Kier alpha value is -0.740. The van der Waals surface area contributed by atoms with Crippen LogP contribution in [0.2, 0.25) is 0 Å². The number of ether oxygens (including phenoxy) is 2. The van der Waals surface area contributed by atoms with E-state index in [-0.39, 0.29) is 0 Å². The fourth-order valence-electron chi connectivity index (χ4n) is 2.76. The number of hydrogen-bond donors (Lipinski definition) is 1. The fraction of sp³-hybridized carbons (Fsp3) is 0.600. The van der Waals surface area contributed by atoms with Gasteiger partial charge in [0.25, 0.3) is 0 Å². The van der Waals surface area contributed by atoms with E-state index in [1.165, 1.54) is 24.0 Å². The average molecular weight is 328 g/mol. The van der Waals surface area contributed by atoms with Gasteiger partial charge in [-0.1, -0.05) is 15.9 Å². The molecule has 0 spiro atoms. The number of nitrogens with one attached hydrogen (secondary N) is 1. The van der Waals surface area contributed by atoms with Crippen LogP contribution in [0.5, 0.6) is 11.5 Å². The molecule has 1 aliphatic rings. The van der Waals surface area contributed by atoms with Crippen LogP contribution in [0, 0.1) is 12.8 Å². The van der Waals surface area contributed by atoms with Gasteiger partial charge in [-0.3, -0.25) is 0 Å². The Morgan fingerprint density at radius 3 is 2.74 bits per heavy atom. The van der Waals surface area contributed by atoms with Crippen LogP contribution in [0.3, 0.4) is 0 Å². The topological polar surface area (TPSA) is 30.5 Å². The highest BCUT2D eigenvalue weighted by Gasteiger charge is 2.21. The first-order valence-electron chi connectivity index (χ1n) is 6.78. The van der Waals surface area contributed by atoms with Crippen LogP contribution < -0.4 is 14.8 Å². The smallest absolute Gasteiger partial charge is 0.164 e. The molecule has 106 valence electrons. The Bertz CT molecular complexity index is 442. The van der Waals surface area contributed by atoms with Crippen molar-refractivity contribution in [3.63, 3.8) is 0 Å². The predicted molar refractivity (Wildman–Crippen MR) is 81.3 cm³/mol. The molecule has 1 aromatic carbocycles. The van der Waals surface area contributed by atoms with Crippen molar-refractivity contribution in [2.75, 3.05) is 27.3 Å². The van der Waals surface area contributed by atoms with Gasteiger partial charge in [-0.05, 0) is 56.8 Å². The lowest BCUT2D eigenvalue weighted by molar-refractivity contribution is 0.339. The summed E-state index contributed by atoms with van der Waals surface area (Å²) in [7, 11) is 3.40. The molecule has 3 nitrogen and oxygen atoms in total. The summed E-state index contributed by atoms with van der Waals surface area (Å²) < 4.78 is 12.1. The molecular formula is C15H22BrNO2. The Morgan fingerprint density at radius 1 is 1.37 bits per heavy atom. The van der Waals surface area contributed by atoms with Crippen molar-refractivity contribution < 1.29 is 9.47 Å². The lowest BCUT2D eigenvalue weighted by Crippen LogP contribution is -2.31. The number of methoxy groups -OCH3 is 2. The molecule has 0 radical (unpaired) electrons. The Balaban J connectivity index is 2.33. The van der Waals surface area contributed by atoms with Gasteiger partial charge in [-0.25, -0.2) is 0 Å². The molecule has 0 saturated carbocycles. The average Bonchev–Trinajstić information content (AvgIpc) is 2.44. The number of halogens is 1. The highest BCUT2D eigenvalue weighted by Crippen LogP contribution is 2.39. The van der Waals surface area contributed by atoms with Crippen LogP contribution in [-0.4, -0.2) is 27.3 Å². The zero-order valence-electron chi connectivity index (χ0n) is 11.9. The molecule has 0 aromatic heterocycles. The number of piperidine rings is 1. The summed E-state index contributed by atoms with van der Waals surface area (Å²) in [6, 6.07) is 1.98. The third kappa shape index (κ3) is 3.23. The molecule has 2 rings (SSSR count). The minimum absolute atomic E-state index is 0.681. The Labute approximate surface area is 123 Å². The van der Waals surface area contributed by atoms with Crippen LogP contribution in [0.4, 0.5) is 0 Å². The third-order valence-electron chi connectivity index (χ3n) is 3.88. The minimum Gasteiger partial charge on any atom is -0.493 e. The maximum atomic E-state index is 5.58. The molecule has 1 saturated heterocycles. The van der Waals surface area contributed by atoms with Gasteiger partial charge in [0.15, 0.2) is 11.5 Å². The SMILES string of the molecule is COc1cc(Br)c(C)c(CC2CCCNC2)c1OC. The maximum absolute atomic E-state index is 5.58. The lowest BCUT2D eigenvalue weighted by Gasteiger charge is -2.25. The van der Waals surface area contributed by atoms with Crippen molar-refractivity contribution in [3.8, 4) is 11.5 Å². The monoisotopic (exact) mass is 327 g/mol. The first kappa shape index (κ1) is 14.7. The lowest BCUT2D eigenvalue weighted by atomic mass is 9.90. The molecule has 1 aromatic rings. The van der Waals surface area contributed by atoms with Gasteiger partial charge < -0.3 is 14.8 Å². The maximum Gasteiger partial charge on any atom is 0.164 e. The van der Waals surface area contributed by atoms with Gasteiger partial charge in [0, 0.05) is 10.0 Å². The van der Waals surface area contributed by atoms with Crippen LogP contribution in [0.1, 0.15) is 24.0 Å². The van der Waals surface area contributed by atoms with E-state index in [9.17, 15) is 0 Å². The second-order valence-electron chi connectivity index (χ2n) is 5.11. The second kappa shape index (κ2) is 6.62. The quantitative estimate of drug-likeness (QED) is 0.920. The summed E-state index contributed by atoms with van der Waals surface area (Å²) in [5.74, 6) is 2.37. The van der Waals surface area contributed by atoms with Crippen molar-refractivity contribution in [2.24, 2.45) is 5.92 Å². The summed E-state index contributed by atoms with van der Waals surface area (Å²) in [4.78, 5) is 0. The van der Waals surface area contributed by atoms with E-state index in [1.807, 2.05) is 6.07 Å². The molecule has 19 heavy (non-hydrogen) atoms. The molecule has 1 unspecified atom stereocenters. The van der Waals surface area contributed by atoms with Crippen LogP contribution in [-0.2, 0) is 6.42 Å². The Morgan fingerprint density at radius 2 is 2.16 bits per heavy atom. The summed E-state index contributed by atoms with van der Waals surface area (Å²) in [6.07, 6.45) is 3.58. The van der Waals surface area contributed by atoms with Gasteiger partial charge in [-0.2, -0.15) is 0 Å². The van der Waals surface area contributed by atoms with Gasteiger partial charge in [0.2, 0.25) is 0 Å². The normalized spacial score (nSPS) is 19.3. The minimum atomic E-state index is 0.681. The van der Waals surface area contributed by atoms with E-state index >= 15 is 0 Å². The summed E-state index contributed by atoms with van der Waals surface area (Å²) in [6.45, 7) is 4.38. The molecule has 1 heterocycles. The summed E-state index contributed by atoms with van der Waals surface area (Å²) in [5, 5.41) is 3.47. The van der Waals surface area contributed by atoms with Gasteiger partial charge in [-0.15, -0.1) is 0 Å². The number of benzene rings is 1. The van der Waals surface area contributed by atoms with E-state index in [0.29, 0.717) is 5.92 Å².